The monoisotopic (exact) mass is 440 g/mol. The molecule has 1 N–H and O–H groups in total. The first-order chi connectivity index (χ1) is 13.7. The summed E-state index contributed by atoms with van der Waals surface area (Å²) in [6, 6.07) is 2.10. The minimum atomic E-state index is 0.958. The molecule has 0 bridgehead atoms. The van der Waals surface area contributed by atoms with E-state index in [9.17, 15) is 0 Å². The molecule has 1 aromatic rings. The predicted octanol–water partition coefficient (Wildman–Crippen LogP) is 8.75. The summed E-state index contributed by atoms with van der Waals surface area (Å²) in [6.07, 6.45) is 17.9. The zero-order chi connectivity index (χ0) is 20.5. The second-order valence-electron chi connectivity index (χ2n) is 7.19. The summed E-state index contributed by atoms with van der Waals surface area (Å²) >= 11 is 9.27. The van der Waals surface area contributed by atoms with E-state index in [1.54, 1.807) is 11.8 Å². The SMILES string of the molecule is CCCCCCCCCCCCCC(=S)Nc1c(SCC)ccnc1SCC. The zero-order valence-corrected chi connectivity index (χ0v) is 20.7. The molecule has 0 fully saturated rings. The maximum Gasteiger partial charge on any atom is 0.121 e. The normalized spacial score (nSPS) is 11.0. The standard InChI is InChI=1S/C23H40N2S3/c1-4-7-8-9-10-11-12-13-14-15-16-17-21(26)25-22-20(27-5-2)18-19-24-23(22)28-6-3/h18-19H,4-17H2,1-3H3,(H,25,26). The minimum Gasteiger partial charge on any atom is -0.347 e. The van der Waals surface area contributed by atoms with Crippen LogP contribution in [0.25, 0.3) is 0 Å². The Labute approximate surface area is 187 Å². The van der Waals surface area contributed by atoms with Gasteiger partial charge in [0, 0.05) is 11.1 Å². The van der Waals surface area contributed by atoms with E-state index >= 15 is 0 Å². The molecule has 0 unspecified atom stereocenters. The van der Waals surface area contributed by atoms with E-state index in [0.717, 1.165) is 33.6 Å². The lowest BCUT2D eigenvalue weighted by Gasteiger charge is -2.15. The molecule has 0 aliphatic rings. The number of hydrogen-bond donors (Lipinski definition) is 1. The maximum atomic E-state index is 5.64. The van der Waals surface area contributed by atoms with Gasteiger partial charge in [0.25, 0.3) is 0 Å². The molecule has 5 heteroatoms. The van der Waals surface area contributed by atoms with Crippen LogP contribution in [0.3, 0.4) is 0 Å². The highest BCUT2D eigenvalue weighted by atomic mass is 32.2. The Morgan fingerprint density at radius 3 is 2.00 bits per heavy atom. The van der Waals surface area contributed by atoms with Crippen molar-refractivity contribution < 1.29 is 0 Å². The lowest BCUT2D eigenvalue weighted by atomic mass is 10.1. The first-order valence-electron chi connectivity index (χ1n) is 11.3. The van der Waals surface area contributed by atoms with Crippen LogP contribution in [0.2, 0.25) is 0 Å². The van der Waals surface area contributed by atoms with Crippen LogP contribution in [0.15, 0.2) is 22.2 Å². The van der Waals surface area contributed by atoms with Gasteiger partial charge in [0.05, 0.1) is 10.7 Å². The number of aromatic nitrogens is 1. The van der Waals surface area contributed by atoms with Crippen molar-refractivity contribution in [3.63, 3.8) is 0 Å². The van der Waals surface area contributed by atoms with Gasteiger partial charge >= 0.3 is 0 Å². The summed E-state index contributed by atoms with van der Waals surface area (Å²) in [5.41, 5.74) is 1.12. The van der Waals surface area contributed by atoms with Crippen molar-refractivity contribution in [1.29, 1.82) is 0 Å². The van der Waals surface area contributed by atoms with E-state index in [-0.39, 0.29) is 0 Å². The van der Waals surface area contributed by atoms with Crippen molar-refractivity contribution in [1.82, 2.24) is 4.98 Å². The predicted molar refractivity (Wildman–Crippen MR) is 134 cm³/mol. The van der Waals surface area contributed by atoms with Gasteiger partial charge in [-0.15, -0.1) is 23.5 Å². The van der Waals surface area contributed by atoms with Crippen molar-refractivity contribution in [2.24, 2.45) is 0 Å². The number of pyridine rings is 1. The van der Waals surface area contributed by atoms with Crippen LogP contribution in [-0.4, -0.2) is 21.5 Å². The summed E-state index contributed by atoms with van der Waals surface area (Å²) in [4.78, 5) is 6.77. The van der Waals surface area contributed by atoms with E-state index in [1.807, 2.05) is 18.0 Å². The van der Waals surface area contributed by atoms with Crippen molar-refractivity contribution in [2.45, 2.75) is 108 Å². The molecule has 28 heavy (non-hydrogen) atoms. The third kappa shape index (κ3) is 11.7. The minimum absolute atomic E-state index is 0.958. The molecule has 0 aliphatic carbocycles. The Balaban J connectivity index is 2.23. The largest absolute Gasteiger partial charge is 0.347 e. The van der Waals surface area contributed by atoms with Gasteiger partial charge in [-0.05, 0) is 30.4 Å². The highest BCUT2D eigenvalue weighted by molar-refractivity contribution is 8.00. The van der Waals surface area contributed by atoms with Crippen molar-refractivity contribution >= 4 is 46.4 Å². The zero-order valence-electron chi connectivity index (χ0n) is 18.2. The first kappa shape index (κ1) is 25.8. The highest BCUT2D eigenvalue weighted by Gasteiger charge is 2.11. The molecule has 0 aromatic carbocycles. The molecule has 0 spiro atoms. The summed E-state index contributed by atoms with van der Waals surface area (Å²) in [6.45, 7) is 6.63. The summed E-state index contributed by atoms with van der Waals surface area (Å²) in [7, 11) is 0. The van der Waals surface area contributed by atoms with Gasteiger partial charge in [0.15, 0.2) is 0 Å². The number of hydrogen-bond acceptors (Lipinski definition) is 4. The van der Waals surface area contributed by atoms with E-state index in [0.29, 0.717) is 0 Å². The van der Waals surface area contributed by atoms with Gasteiger partial charge in [0.1, 0.15) is 5.03 Å². The Bertz CT molecular complexity index is 510. The molecule has 1 heterocycles. The molecule has 0 aliphatic heterocycles. The van der Waals surface area contributed by atoms with E-state index in [4.69, 9.17) is 12.2 Å². The molecule has 0 atom stereocenters. The topological polar surface area (TPSA) is 24.9 Å². The highest BCUT2D eigenvalue weighted by Crippen LogP contribution is 2.34. The molecular weight excluding hydrogens is 400 g/mol. The number of nitrogens with zero attached hydrogens (tertiary/aromatic N) is 1. The molecule has 0 saturated carbocycles. The second kappa shape index (κ2) is 17.6. The van der Waals surface area contributed by atoms with Crippen LogP contribution in [0.5, 0.6) is 0 Å². The smallest absolute Gasteiger partial charge is 0.121 e. The Kier molecular flexibility index (Phi) is 16.2. The van der Waals surface area contributed by atoms with Crippen LogP contribution in [-0.2, 0) is 0 Å². The lowest BCUT2D eigenvalue weighted by molar-refractivity contribution is 0.552. The van der Waals surface area contributed by atoms with Gasteiger partial charge in [-0.25, -0.2) is 4.98 Å². The lowest BCUT2D eigenvalue weighted by Crippen LogP contribution is -2.11. The maximum absolute atomic E-state index is 5.64. The number of unbranched alkanes of at least 4 members (excludes halogenated alkanes) is 10. The van der Waals surface area contributed by atoms with Gasteiger partial charge in [-0.2, -0.15) is 0 Å². The van der Waals surface area contributed by atoms with Gasteiger partial charge in [-0.1, -0.05) is 97.2 Å². The number of thioether (sulfide) groups is 2. The van der Waals surface area contributed by atoms with Crippen molar-refractivity contribution in [2.75, 3.05) is 16.8 Å². The van der Waals surface area contributed by atoms with E-state index in [1.165, 1.54) is 75.5 Å². The molecule has 1 aromatic heterocycles. The average Bonchev–Trinajstić information content (AvgIpc) is 2.69. The average molecular weight is 441 g/mol. The Morgan fingerprint density at radius 1 is 0.857 bits per heavy atom. The van der Waals surface area contributed by atoms with Crippen LogP contribution in [0, 0.1) is 0 Å². The van der Waals surface area contributed by atoms with E-state index < -0.39 is 0 Å². The fourth-order valence-corrected chi connectivity index (χ4v) is 5.00. The third-order valence-electron chi connectivity index (χ3n) is 4.73. The molecule has 0 saturated heterocycles. The first-order valence-corrected chi connectivity index (χ1v) is 13.6. The molecule has 160 valence electrons. The van der Waals surface area contributed by atoms with Gasteiger partial charge in [0.2, 0.25) is 0 Å². The summed E-state index contributed by atoms with van der Waals surface area (Å²) in [5.74, 6) is 2.08. The number of rotatable bonds is 17. The van der Waals surface area contributed by atoms with Crippen molar-refractivity contribution in [3.8, 4) is 0 Å². The van der Waals surface area contributed by atoms with Crippen molar-refractivity contribution in [3.05, 3.63) is 12.3 Å². The van der Waals surface area contributed by atoms with Crippen LogP contribution >= 0.6 is 35.7 Å². The van der Waals surface area contributed by atoms with Crippen LogP contribution in [0.4, 0.5) is 5.69 Å². The molecular formula is C23H40N2S3. The number of thiocarbonyl (C=S) groups is 1. The van der Waals surface area contributed by atoms with Crippen LogP contribution < -0.4 is 5.32 Å². The molecule has 0 radical (unpaired) electrons. The molecule has 1 rings (SSSR count). The number of nitrogens with one attached hydrogen (secondary N) is 1. The molecule has 0 amide bonds. The van der Waals surface area contributed by atoms with E-state index in [2.05, 4.69) is 37.1 Å². The summed E-state index contributed by atoms with van der Waals surface area (Å²) < 4.78 is 0. The fourth-order valence-electron chi connectivity index (χ4n) is 3.21. The van der Waals surface area contributed by atoms with Crippen LogP contribution in [0.1, 0.15) is 97.8 Å². The second-order valence-corrected chi connectivity index (χ2v) is 10.2. The Hall–Kier alpha value is -0.260. The van der Waals surface area contributed by atoms with Gasteiger partial charge in [-0.3, -0.25) is 0 Å². The number of anilines is 1. The third-order valence-corrected chi connectivity index (χ3v) is 6.85. The summed E-state index contributed by atoms with van der Waals surface area (Å²) in [5, 5.41) is 4.58. The fraction of sp³-hybridized carbons (Fsp3) is 0.739. The molecule has 2 nitrogen and oxygen atoms in total. The van der Waals surface area contributed by atoms with Gasteiger partial charge < -0.3 is 5.32 Å². The quantitative estimate of drug-likeness (QED) is 0.148. The Morgan fingerprint density at radius 2 is 1.43 bits per heavy atom.